The Bertz CT molecular complexity index is 511. The van der Waals surface area contributed by atoms with Gasteiger partial charge in [-0.25, -0.2) is 0 Å². The first-order valence-corrected chi connectivity index (χ1v) is 6.95. The zero-order chi connectivity index (χ0) is 15.7. The predicted molar refractivity (Wildman–Crippen MR) is 79.6 cm³/mol. The molecule has 1 aromatic carbocycles. The Balaban J connectivity index is 2.77. The predicted octanol–water partition coefficient (Wildman–Crippen LogP) is 1.98. The fraction of sp³-hybridized carbons (Fsp3) is 0.438. The number of hydrogen-bond acceptors (Lipinski definition) is 4. The van der Waals surface area contributed by atoms with Gasteiger partial charge in [-0.15, -0.1) is 0 Å². The quantitative estimate of drug-likeness (QED) is 0.828. The maximum absolute atomic E-state index is 12.5. The third-order valence-corrected chi connectivity index (χ3v) is 3.41. The van der Waals surface area contributed by atoms with E-state index in [1.54, 1.807) is 11.8 Å². The van der Waals surface area contributed by atoms with E-state index in [4.69, 9.17) is 16.3 Å². The second-order valence-electron chi connectivity index (χ2n) is 4.87. The third kappa shape index (κ3) is 4.91. The number of benzene rings is 1. The zero-order valence-corrected chi connectivity index (χ0v) is 12.2. The first-order valence-electron chi connectivity index (χ1n) is 6.95. The lowest BCUT2D eigenvalue weighted by molar-refractivity contribution is -0.135. The Hall–Kier alpha value is -2.37. The molecule has 0 spiro atoms. The largest absolute Gasteiger partial charge is 0.340 e. The molecule has 0 aliphatic rings. The van der Waals surface area contributed by atoms with Crippen molar-refractivity contribution in [3.8, 4) is 12.1 Å². The van der Waals surface area contributed by atoms with Gasteiger partial charge in [-0.2, -0.15) is 10.5 Å². The minimum atomic E-state index is -0.398. The van der Waals surface area contributed by atoms with Crippen LogP contribution in [0.2, 0.25) is 0 Å². The molecular weight excluding hydrogens is 264 g/mol. The summed E-state index contributed by atoms with van der Waals surface area (Å²) in [5.41, 5.74) is 7.06. The normalized spacial score (nSPS) is 12.8. The van der Waals surface area contributed by atoms with Gasteiger partial charge in [0.2, 0.25) is 5.91 Å². The molecule has 2 unspecified atom stereocenters. The summed E-state index contributed by atoms with van der Waals surface area (Å²) in [5.74, 6) is -0.512. The summed E-state index contributed by atoms with van der Waals surface area (Å²) in [5, 5.41) is 17.3. The number of amides is 1. The number of nitrogens with zero attached hydrogens (tertiary/aromatic N) is 3. The van der Waals surface area contributed by atoms with Gasteiger partial charge in [-0.05, 0) is 5.56 Å². The van der Waals surface area contributed by atoms with E-state index in [1.807, 2.05) is 42.5 Å². The molecule has 0 aliphatic carbocycles. The van der Waals surface area contributed by atoms with E-state index in [9.17, 15) is 4.79 Å². The molecule has 5 nitrogen and oxygen atoms in total. The van der Waals surface area contributed by atoms with Crippen molar-refractivity contribution < 1.29 is 4.79 Å². The molecule has 0 aliphatic heterocycles. The van der Waals surface area contributed by atoms with E-state index >= 15 is 0 Å². The second kappa shape index (κ2) is 8.73. The van der Waals surface area contributed by atoms with Crippen molar-refractivity contribution in [3.05, 3.63) is 35.9 Å². The van der Waals surface area contributed by atoms with Crippen LogP contribution in [-0.2, 0) is 4.79 Å². The molecule has 5 heteroatoms. The Labute approximate surface area is 125 Å². The molecule has 0 bridgehead atoms. The van der Waals surface area contributed by atoms with E-state index in [-0.39, 0.29) is 18.7 Å². The first kappa shape index (κ1) is 16.7. The molecule has 2 N–H and O–H groups in total. The maximum atomic E-state index is 12.5. The van der Waals surface area contributed by atoms with Gasteiger partial charge in [-0.3, -0.25) is 4.79 Å². The van der Waals surface area contributed by atoms with Crippen LogP contribution in [0.15, 0.2) is 30.3 Å². The molecule has 0 saturated carbocycles. The third-order valence-electron chi connectivity index (χ3n) is 3.41. The van der Waals surface area contributed by atoms with Gasteiger partial charge in [0.1, 0.15) is 0 Å². The molecule has 0 fully saturated rings. The SMILES string of the molecule is CC(C(=O)N(CCC#N)CCC#N)C(N)c1ccccc1. The highest BCUT2D eigenvalue weighted by Gasteiger charge is 2.26. The molecule has 21 heavy (non-hydrogen) atoms. The Morgan fingerprint density at radius 2 is 1.71 bits per heavy atom. The summed E-state index contributed by atoms with van der Waals surface area (Å²) in [6.45, 7) is 2.46. The van der Waals surface area contributed by atoms with Crippen LogP contribution in [0.4, 0.5) is 0 Å². The van der Waals surface area contributed by atoms with Gasteiger partial charge < -0.3 is 10.6 Å². The van der Waals surface area contributed by atoms with Crippen molar-refractivity contribution >= 4 is 5.91 Å². The average Bonchev–Trinajstić information content (AvgIpc) is 2.54. The Morgan fingerprint density at radius 3 is 2.19 bits per heavy atom. The van der Waals surface area contributed by atoms with Crippen molar-refractivity contribution in [1.29, 1.82) is 10.5 Å². The number of hydrogen-bond donors (Lipinski definition) is 1. The fourth-order valence-electron chi connectivity index (χ4n) is 2.11. The minimum absolute atomic E-state index is 0.114. The van der Waals surface area contributed by atoms with Crippen molar-refractivity contribution in [2.24, 2.45) is 11.7 Å². The van der Waals surface area contributed by atoms with Crippen molar-refractivity contribution in [2.45, 2.75) is 25.8 Å². The molecule has 0 saturated heterocycles. The van der Waals surface area contributed by atoms with Gasteiger partial charge in [-0.1, -0.05) is 37.3 Å². The van der Waals surface area contributed by atoms with Crippen LogP contribution < -0.4 is 5.73 Å². The fourth-order valence-corrected chi connectivity index (χ4v) is 2.11. The number of carbonyl (C=O) groups excluding carboxylic acids is 1. The average molecular weight is 284 g/mol. The van der Waals surface area contributed by atoms with Crippen molar-refractivity contribution in [2.75, 3.05) is 13.1 Å². The van der Waals surface area contributed by atoms with Crippen molar-refractivity contribution in [1.82, 2.24) is 4.90 Å². The summed E-state index contributed by atoms with van der Waals surface area (Å²) < 4.78 is 0. The molecule has 0 heterocycles. The van der Waals surface area contributed by atoms with Crippen LogP contribution in [0.1, 0.15) is 31.4 Å². The highest BCUT2D eigenvalue weighted by molar-refractivity contribution is 5.79. The van der Waals surface area contributed by atoms with Crippen LogP contribution in [0.5, 0.6) is 0 Å². The summed E-state index contributed by atoms with van der Waals surface area (Å²) in [4.78, 5) is 14.1. The lowest BCUT2D eigenvalue weighted by atomic mass is 9.94. The van der Waals surface area contributed by atoms with Gasteiger partial charge in [0.05, 0.1) is 30.9 Å². The summed E-state index contributed by atoms with van der Waals surface area (Å²) in [6, 6.07) is 13.1. The second-order valence-corrected chi connectivity index (χ2v) is 4.87. The minimum Gasteiger partial charge on any atom is -0.340 e. The topological polar surface area (TPSA) is 93.9 Å². The van der Waals surface area contributed by atoms with E-state index in [0.717, 1.165) is 5.56 Å². The lowest BCUT2D eigenvalue weighted by Crippen LogP contribution is -2.40. The smallest absolute Gasteiger partial charge is 0.227 e. The summed E-state index contributed by atoms with van der Waals surface area (Å²) in [7, 11) is 0. The standard InChI is InChI=1S/C16H20N4O/c1-13(15(19)14-7-3-2-4-8-14)16(21)20(11-5-9-17)12-6-10-18/h2-4,7-8,13,15H,5-6,11-12,19H2,1H3. The van der Waals surface area contributed by atoms with Crippen LogP contribution >= 0.6 is 0 Å². The Morgan fingerprint density at radius 1 is 1.19 bits per heavy atom. The van der Waals surface area contributed by atoms with Gasteiger partial charge in [0.25, 0.3) is 0 Å². The van der Waals surface area contributed by atoms with Crippen LogP contribution in [0.3, 0.4) is 0 Å². The van der Waals surface area contributed by atoms with E-state index in [2.05, 4.69) is 0 Å². The molecule has 0 radical (unpaired) electrons. The van der Waals surface area contributed by atoms with Crippen LogP contribution in [0.25, 0.3) is 0 Å². The Kier molecular flexibility index (Phi) is 6.94. The lowest BCUT2D eigenvalue weighted by Gasteiger charge is -2.27. The van der Waals surface area contributed by atoms with E-state index in [0.29, 0.717) is 13.1 Å². The van der Waals surface area contributed by atoms with E-state index < -0.39 is 12.0 Å². The van der Waals surface area contributed by atoms with E-state index in [1.165, 1.54) is 0 Å². The summed E-state index contributed by atoms with van der Waals surface area (Å²) in [6.07, 6.45) is 0.509. The van der Waals surface area contributed by atoms with Crippen LogP contribution in [0, 0.1) is 28.6 Å². The highest BCUT2D eigenvalue weighted by Crippen LogP contribution is 2.21. The number of nitrogens with two attached hydrogens (primary N) is 1. The number of nitriles is 2. The molecule has 2 atom stereocenters. The zero-order valence-electron chi connectivity index (χ0n) is 12.2. The molecular formula is C16H20N4O. The van der Waals surface area contributed by atoms with Crippen LogP contribution in [-0.4, -0.2) is 23.9 Å². The van der Waals surface area contributed by atoms with Gasteiger partial charge in [0.15, 0.2) is 0 Å². The van der Waals surface area contributed by atoms with Gasteiger partial charge >= 0.3 is 0 Å². The number of rotatable bonds is 7. The molecule has 1 aromatic rings. The molecule has 1 rings (SSSR count). The molecule has 110 valence electrons. The van der Waals surface area contributed by atoms with Crippen molar-refractivity contribution in [3.63, 3.8) is 0 Å². The molecule has 1 amide bonds. The number of carbonyl (C=O) groups is 1. The highest BCUT2D eigenvalue weighted by atomic mass is 16.2. The molecule has 0 aromatic heterocycles. The monoisotopic (exact) mass is 284 g/mol. The maximum Gasteiger partial charge on any atom is 0.227 e. The van der Waals surface area contributed by atoms with Gasteiger partial charge in [0, 0.05) is 19.1 Å². The first-order chi connectivity index (χ1) is 10.1. The summed E-state index contributed by atoms with van der Waals surface area (Å²) >= 11 is 0.